The first-order valence-corrected chi connectivity index (χ1v) is 7.66. The van der Waals surface area contributed by atoms with Crippen LogP contribution in [0.1, 0.15) is 35.9 Å². The van der Waals surface area contributed by atoms with Gasteiger partial charge in [0.2, 0.25) is 0 Å². The highest BCUT2D eigenvalue weighted by Gasteiger charge is 2.34. The average Bonchev–Trinajstić information content (AvgIpc) is 2.80. The number of carbonyl (C=O) groups is 1. The number of hydrogen-bond donors (Lipinski definition) is 0. The normalized spacial score (nSPS) is 11.9. The van der Waals surface area contributed by atoms with Crippen molar-refractivity contribution in [3.8, 4) is 0 Å². The number of halogens is 4. The highest BCUT2D eigenvalue weighted by Crippen LogP contribution is 2.31. The van der Waals surface area contributed by atoms with E-state index in [1.165, 1.54) is 0 Å². The summed E-state index contributed by atoms with van der Waals surface area (Å²) in [6, 6.07) is 5.02. The fourth-order valence-electron chi connectivity index (χ4n) is 2.37. The van der Waals surface area contributed by atoms with E-state index in [4.69, 9.17) is 16.0 Å². The topological polar surface area (TPSA) is 33.5 Å². The van der Waals surface area contributed by atoms with E-state index in [1.54, 1.807) is 25.1 Å². The van der Waals surface area contributed by atoms with Crippen molar-refractivity contribution in [1.82, 2.24) is 4.90 Å². The number of rotatable bonds is 5. The predicted molar refractivity (Wildman–Crippen MR) is 82.8 cm³/mol. The number of nitrogens with zero attached hydrogens (tertiary/aromatic N) is 1. The van der Waals surface area contributed by atoms with Crippen LogP contribution in [-0.2, 0) is 0 Å². The smallest absolute Gasteiger partial charge is 0.406 e. The van der Waals surface area contributed by atoms with Crippen LogP contribution in [0, 0.1) is 6.92 Å². The van der Waals surface area contributed by atoms with Crippen molar-refractivity contribution in [3.05, 3.63) is 34.5 Å². The molecule has 0 radical (unpaired) electrons. The van der Waals surface area contributed by atoms with Crippen molar-refractivity contribution >= 4 is 28.5 Å². The van der Waals surface area contributed by atoms with Gasteiger partial charge in [0.05, 0.1) is 5.02 Å². The van der Waals surface area contributed by atoms with Crippen LogP contribution in [0.4, 0.5) is 13.2 Å². The molecule has 1 amide bonds. The Labute approximate surface area is 137 Å². The molecule has 1 heterocycles. The Kier molecular flexibility index (Phi) is 5.24. The number of benzene rings is 1. The maximum absolute atomic E-state index is 12.7. The number of hydrogen-bond acceptors (Lipinski definition) is 2. The summed E-state index contributed by atoms with van der Waals surface area (Å²) in [6.45, 7) is 2.22. The minimum absolute atomic E-state index is 0.0268. The van der Waals surface area contributed by atoms with Gasteiger partial charge in [-0.3, -0.25) is 4.79 Å². The van der Waals surface area contributed by atoms with Gasteiger partial charge in [0.25, 0.3) is 5.91 Å². The molecule has 0 bridgehead atoms. The summed E-state index contributed by atoms with van der Waals surface area (Å²) >= 11 is 6.02. The SMILES string of the molecule is CCCCN(CC(F)(F)F)C(=O)c1oc2c(Cl)cccc2c1C. The largest absolute Gasteiger partial charge is 0.449 e. The third kappa shape index (κ3) is 3.99. The van der Waals surface area contributed by atoms with E-state index in [1.807, 2.05) is 6.92 Å². The zero-order valence-electron chi connectivity index (χ0n) is 12.8. The number of alkyl halides is 3. The maximum atomic E-state index is 12.7. The molecular weight excluding hydrogens is 331 g/mol. The summed E-state index contributed by atoms with van der Waals surface area (Å²) in [7, 11) is 0. The molecule has 3 nitrogen and oxygen atoms in total. The summed E-state index contributed by atoms with van der Waals surface area (Å²) in [5.74, 6) is -0.853. The van der Waals surface area contributed by atoms with Crippen molar-refractivity contribution in [2.75, 3.05) is 13.1 Å². The predicted octanol–water partition coefficient (Wildman–Crippen LogP) is 5.20. The van der Waals surface area contributed by atoms with Gasteiger partial charge >= 0.3 is 6.18 Å². The number of aryl methyl sites for hydroxylation is 1. The van der Waals surface area contributed by atoms with Gasteiger partial charge < -0.3 is 9.32 Å². The lowest BCUT2D eigenvalue weighted by Gasteiger charge is -2.23. The van der Waals surface area contributed by atoms with Gasteiger partial charge in [-0.25, -0.2) is 0 Å². The average molecular weight is 348 g/mol. The lowest BCUT2D eigenvalue weighted by molar-refractivity contribution is -0.141. The first-order valence-electron chi connectivity index (χ1n) is 7.28. The minimum atomic E-state index is -4.46. The number of para-hydroxylation sites is 1. The van der Waals surface area contributed by atoms with Crippen molar-refractivity contribution < 1.29 is 22.4 Å². The zero-order valence-corrected chi connectivity index (χ0v) is 13.6. The molecule has 0 unspecified atom stereocenters. The van der Waals surface area contributed by atoms with Gasteiger partial charge in [-0.1, -0.05) is 37.1 Å². The fraction of sp³-hybridized carbons (Fsp3) is 0.438. The van der Waals surface area contributed by atoms with Crippen LogP contribution in [-0.4, -0.2) is 30.1 Å². The molecule has 0 saturated carbocycles. The van der Waals surface area contributed by atoms with Crippen LogP contribution in [0.5, 0.6) is 0 Å². The van der Waals surface area contributed by atoms with Gasteiger partial charge in [-0.15, -0.1) is 0 Å². The van der Waals surface area contributed by atoms with E-state index in [0.29, 0.717) is 34.4 Å². The second-order valence-corrected chi connectivity index (χ2v) is 5.78. The van der Waals surface area contributed by atoms with Crippen molar-refractivity contribution in [2.45, 2.75) is 32.9 Å². The number of unbranched alkanes of at least 4 members (excludes halogenated alkanes) is 1. The fourth-order valence-corrected chi connectivity index (χ4v) is 2.59. The van der Waals surface area contributed by atoms with Crippen LogP contribution in [0.3, 0.4) is 0 Å². The summed E-state index contributed by atoms with van der Waals surface area (Å²) in [6.07, 6.45) is -3.28. The highest BCUT2D eigenvalue weighted by atomic mass is 35.5. The molecule has 7 heteroatoms. The Morgan fingerprint density at radius 2 is 2.04 bits per heavy atom. The monoisotopic (exact) mass is 347 g/mol. The summed E-state index contributed by atoms with van der Waals surface area (Å²) in [4.78, 5) is 13.3. The Morgan fingerprint density at radius 1 is 1.35 bits per heavy atom. The molecule has 0 saturated heterocycles. The first kappa shape index (κ1) is 17.7. The van der Waals surface area contributed by atoms with E-state index in [9.17, 15) is 18.0 Å². The molecule has 0 N–H and O–H groups in total. The van der Waals surface area contributed by atoms with Gasteiger partial charge in [-0.2, -0.15) is 13.2 Å². The van der Waals surface area contributed by atoms with E-state index >= 15 is 0 Å². The van der Waals surface area contributed by atoms with Crippen molar-refractivity contribution in [1.29, 1.82) is 0 Å². The van der Waals surface area contributed by atoms with Gasteiger partial charge in [0.1, 0.15) is 6.54 Å². The molecule has 0 aliphatic carbocycles. The third-order valence-electron chi connectivity index (χ3n) is 3.55. The molecule has 2 rings (SSSR count). The Hall–Kier alpha value is -1.69. The van der Waals surface area contributed by atoms with E-state index in [-0.39, 0.29) is 12.3 Å². The van der Waals surface area contributed by atoms with Crippen LogP contribution in [0.15, 0.2) is 22.6 Å². The molecule has 1 aromatic heterocycles. The van der Waals surface area contributed by atoms with Gasteiger partial charge in [0.15, 0.2) is 11.3 Å². The van der Waals surface area contributed by atoms with Crippen LogP contribution in [0.2, 0.25) is 5.02 Å². The standard InChI is InChI=1S/C16H17ClF3NO2/c1-3-4-8-21(9-16(18,19)20)15(22)13-10(2)11-6-5-7-12(17)14(11)23-13/h5-7H,3-4,8-9H2,1-2H3. The molecule has 0 atom stereocenters. The number of amides is 1. The summed E-state index contributed by atoms with van der Waals surface area (Å²) < 4.78 is 43.7. The third-order valence-corrected chi connectivity index (χ3v) is 3.85. The summed E-state index contributed by atoms with van der Waals surface area (Å²) in [5, 5.41) is 0.948. The first-order chi connectivity index (χ1) is 10.7. The van der Waals surface area contributed by atoms with E-state index < -0.39 is 18.6 Å². The minimum Gasteiger partial charge on any atom is -0.449 e. The number of furan rings is 1. The van der Waals surface area contributed by atoms with Gasteiger partial charge in [0, 0.05) is 17.5 Å². The lowest BCUT2D eigenvalue weighted by Crippen LogP contribution is -2.39. The molecule has 0 spiro atoms. The molecule has 0 aliphatic rings. The van der Waals surface area contributed by atoms with Crippen LogP contribution in [0.25, 0.3) is 11.0 Å². The molecule has 126 valence electrons. The second kappa shape index (κ2) is 6.83. The van der Waals surface area contributed by atoms with Gasteiger partial charge in [-0.05, 0) is 19.4 Å². The van der Waals surface area contributed by atoms with Crippen molar-refractivity contribution in [3.63, 3.8) is 0 Å². The van der Waals surface area contributed by atoms with E-state index in [2.05, 4.69) is 0 Å². The molecule has 1 aromatic carbocycles. The second-order valence-electron chi connectivity index (χ2n) is 5.37. The number of fused-ring (bicyclic) bond motifs is 1. The molecule has 0 aliphatic heterocycles. The zero-order chi connectivity index (χ0) is 17.2. The van der Waals surface area contributed by atoms with Crippen LogP contribution < -0.4 is 0 Å². The van der Waals surface area contributed by atoms with E-state index in [0.717, 1.165) is 4.90 Å². The Balaban J connectivity index is 2.39. The lowest BCUT2D eigenvalue weighted by atomic mass is 10.1. The molecule has 2 aromatic rings. The molecule has 0 fully saturated rings. The Morgan fingerprint density at radius 3 is 2.61 bits per heavy atom. The molecule has 23 heavy (non-hydrogen) atoms. The number of carbonyl (C=O) groups excluding carboxylic acids is 1. The quantitative estimate of drug-likeness (QED) is 0.745. The highest BCUT2D eigenvalue weighted by molar-refractivity contribution is 6.35. The maximum Gasteiger partial charge on any atom is 0.406 e. The summed E-state index contributed by atoms with van der Waals surface area (Å²) in [5.41, 5.74) is 0.814. The Bertz CT molecular complexity index is 709. The molecular formula is C16H17ClF3NO2. The van der Waals surface area contributed by atoms with Crippen molar-refractivity contribution in [2.24, 2.45) is 0 Å². The van der Waals surface area contributed by atoms with Crippen LogP contribution >= 0.6 is 11.6 Å².